The van der Waals surface area contributed by atoms with Gasteiger partial charge in [0.25, 0.3) is 0 Å². The van der Waals surface area contributed by atoms with Crippen LogP contribution in [-0.2, 0) is 4.79 Å². The van der Waals surface area contributed by atoms with Gasteiger partial charge in [0.2, 0.25) is 0 Å². The summed E-state index contributed by atoms with van der Waals surface area (Å²) in [6.07, 6.45) is 2.41. The van der Waals surface area contributed by atoms with Crippen molar-refractivity contribution in [3.05, 3.63) is 29.6 Å². The Morgan fingerprint density at radius 2 is 2.00 bits per heavy atom. The Balaban J connectivity index is 1.68. The van der Waals surface area contributed by atoms with Crippen LogP contribution in [0.2, 0.25) is 0 Å². The van der Waals surface area contributed by atoms with Crippen molar-refractivity contribution in [1.82, 2.24) is 5.32 Å². The summed E-state index contributed by atoms with van der Waals surface area (Å²) in [6, 6.07) is 7.60. The fraction of sp³-hybridized carbons (Fsp3) is 0.333. The average molecular weight is 306 g/mol. The molecule has 0 radical (unpaired) electrons. The van der Waals surface area contributed by atoms with Crippen LogP contribution in [-0.4, -0.2) is 23.7 Å². The highest BCUT2D eigenvalue weighted by atomic mass is 32.1. The molecule has 21 heavy (non-hydrogen) atoms. The molecule has 0 unspecified atom stereocenters. The summed E-state index contributed by atoms with van der Waals surface area (Å²) in [7, 11) is 0. The molecule has 0 saturated carbocycles. The number of carbonyl (C=O) groups excluding carboxylic acids is 1. The fourth-order valence-corrected chi connectivity index (χ4v) is 2.77. The van der Waals surface area contributed by atoms with Gasteiger partial charge < -0.3 is 15.7 Å². The van der Waals surface area contributed by atoms with Crippen LogP contribution >= 0.6 is 11.3 Å². The lowest BCUT2D eigenvalue weighted by atomic mass is 10.2. The number of fused-ring (bicyclic) bond motifs is 1. The second-order valence-corrected chi connectivity index (χ2v) is 5.71. The predicted molar refractivity (Wildman–Crippen MR) is 85.0 cm³/mol. The Labute approximate surface area is 127 Å². The lowest BCUT2D eigenvalue weighted by Crippen LogP contribution is -2.29. The Kier molecular flexibility index (Phi) is 5.57. The first-order valence-electron chi connectivity index (χ1n) is 6.89. The van der Waals surface area contributed by atoms with Crippen molar-refractivity contribution in [2.75, 3.05) is 11.9 Å². The van der Waals surface area contributed by atoms with Gasteiger partial charge in [-0.15, -0.1) is 11.3 Å². The molecule has 0 aliphatic rings. The molecule has 0 saturated heterocycles. The van der Waals surface area contributed by atoms with Gasteiger partial charge in [-0.2, -0.15) is 0 Å². The number of aliphatic carboxylic acids is 1. The minimum Gasteiger partial charge on any atom is -0.481 e. The maximum Gasteiger partial charge on any atom is 0.319 e. The van der Waals surface area contributed by atoms with Crippen molar-refractivity contribution in [2.45, 2.75) is 25.7 Å². The summed E-state index contributed by atoms with van der Waals surface area (Å²) in [5, 5.41) is 17.2. The van der Waals surface area contributed by atoms with Gasteiger partial charge in [0, 0.05) is 23.4 Å². The van der Waals surface area contributed by atoms with E-state index < -0.39 is 5.97 Å². The predicted octanol–water partition coefficient (Wildman–Crippen LogP) is 3.67. The third-order valence-corrected chi connectivity index (χ3v) is 3.96. The molecule has 112 valence electrons. The van der Waals surface area contributed by atoms with E-state index in [0.717, 1.165) is 23.9 Å². The summed E-state index contributed by atoms with van der Waals surface area (Å²) in [5.74, 6) is -0.774. The second kappa shape index (κ2) is 7.64. The number of urea groups is 1. The number of carbonyl (C=O) groups is 2. The van der Waals surface area contributed by atoms with Crippen LogP contribution in [0.15, 0.2) is 29.6 Å². The lowest BCUT2D eigenvalue weighted by molar-refractivity contribution is -0.137. The highest BCUT2D eigenvalue weighted by Crippen LogP contribution is 2.23. The molecule has 0 aliphatic heterocycles. The van der Waals surface area contributed by atoms with Crippen molar-refractivity contribution in [2.24, 2.45) is 0 Å². The molecule has 5 nitrogen and oxygen atoms in total. The summed E-state index contributed by atoms with van der Waals surface area (Å²) in [6.45, 7) is 0.548. The molecule has 0 atom stereocenters. The Morgan fingerprint density at radius 1 is 1.14 bits per heavy atom. The van der Waals surface area contributed by atoms with Gasteiger partial charge in [0.05, 0.1) is 0 Å². The van der Waals surface area contributed by atoms with Crippen LogP contribution in [0.5, 0.6) is 0 Å². The first-order valence-corrected chi connectivity index (χ1v) is 7.77. The van der Waals surface area contributed by atoms with Gasteiger partial charge in [-0.1, -0.05) is 6.42 Å². The topological polar surface area (TPSA) is 78.4 Å². The molecule has 0 spiro atoms. The van der Waals surface area contributed by atoms with E-state index in [2.05, 4.69) is 10.6 Å². The van der Waals surface area contributed by atoms with Crippen molar-refractivity contribution < 1.29 is 14.7 Å². The number of carboxylic acid groups (broad SMARTS) is 1. The van der Waals surface area contributed by atoms with E-state index in [1.807, 2.05) is 29.6 Å². The molecular formula is C15H18N2O3S. The lowest BCUT2D eigenvalue weighted by Gasteiger charge is -2.07. The molecule has 0 bridgehead atoms. The van der Waals surface area contributed by atoms with E-state index >= 15 is 0 Å². The number of amides is 2. The average Bonchev–Trinajstić information content (AvgIpc) is 2.89. The van der Waals surface area contributed by atoms with E-state index in [4.69, 9.17) is 5.11 Å². The molecule has 2 aromatic rings. The van der Waals surface area contributed by atoms with Crippen molar-refractivity contribution in [1.29, 1.82) is 0 Å². The number of benzene rings is 1. The highest BCUT2D eigenvalue weighted by Gasteiger charge is 2.03. The van der Waals surface area contributed by atoms with Crippen LogP contribution < -0.4 is 10.6 Å². The standard InChI is InChI=1S/C15H18N2O3S/c18-14(19)4-2-1-3-8-16-15(20)17-12-5-6-13-11(10-12)7-9-21-13/h5-7,9-10H,1-4,8H2,(H,18,19)(H2,16,17,20). The number of hydrogen-bond acceptors (Lipinski definition) is 3. The van der Waals surface area contributed by atoms with E-state index in [1.165, 1.54) is 4.70 Å². The van der Waals surface area contributed by atoms with E-state index in [-0.39, 0.29) is 12.5 Å². The van der Waals surface area contributed by atoms with Crippen molar-refractivity contribution in [3.63, 3.8) is 0 Å². The molecule has 6 heteroatoms. The number of hydrogen-bond donors (Lipinski definition) is 3. The van der Waals surface area contributed by atoms with Crippen LogP contribution in [0.25, 0.3) is 10.1 Å². The van der Waals surface area contributed by atoms with Gasteiger partial charge in [0.1, 0.15) is 0 Å². The third-order valence-electron chi connectivity index (χ3n) is 3.06. The van der Waals surface area contributed by atoms with Gasteiger partial charge >= 0.3 is 12.0 Å². The quantitative estimate of drug-likeness (QED) is 0.683. The van der Waals surface area contributed by atoms with Gasteiger partial charge in [-0.3, -0.25) is 4.79 Å². The third kappa shape index (κ3) is 5.07. The number of nitrogens with one attached hydrogen (secondary N) is 2. The summed E-state index contributed by atoms with van der Waals surface area (Å²) in [5.41, 5.74) is 0.768. The maximum absolute atomic E-state index is 11.7. The second-order valence-electron chi connectivity index (χ2n) is 4.76. The molecular weight excluding hydrogens is 288 g/mol. The first-order chi connectivity index (χ1) is 10.1. The number of rotatable bonds is 7. The molecule has 1 heterocycles. The summed E-state index contributed by atoms with van der Waals surface area (Å²) >= 11 is 1.67. The number of carboxylic acids is 1. The molecule has 0 fully saturated rings. The molecule has 1 aromatic carbocycles. The first kappa shape index (κ1) is 15.3. The molecule has 0 aliphatic carbocycles. The number of anilines is 1. The van der Waals surface area contributed by atoms with Crippen LogP contribution in [0, 0.1) is 0 Å². The van der Waals surface area contributed by atoms with Gasteiger partial charge in [0.15, 0.2) is 0 Å². The Bertz CT molecular complexity index is 624. The summed E-state index contributed by atoms with van der Waals surface area (Å²) < 4.78 is 1.19. The van der Waals surface area contributed by atoms with Crippen LogP contribution in [0.1, 0.15) is 25.7 Å². The van der Waals surface area contributed by atoms with E-state index in [0.29, 0.717) is 13.0 Å². The molecule has 1 aromatic heterocycles. The number of thiophene rings is 1. The fourth-order valence-electron chi connectivity index (χ4n) is 2.00. The highest BCUT2D eigenvalue weighted by molar-refractivity contribution is 7.17. The van der Waals surface area contributed by atoms with Crippen LogP contribution in [0.4, 0.5) is 10.5 Å². The number of unbranched alkanes of at least 4 members (excludes halogenated alkanes) is 2. The van der Waals surface area contributed by atoms with Gasteiger partial charge in [-0.05, 0) is 47.9 Å². The zero-order valence-electron chi connectivity index (χ0n) is 11.6. The van der Waals surface area contributed by atoms with Crippen molar-refractivity contribution in [3.8, 4) is 0 Å². The van der Waals surface area contributed by atoms with Crippen LogP contribution in [0.3, 0.4) is 0 Å². The monoisotopic (exact) mass is 306 g/mol. The zero-order chi connectivity index (χ0) is 15.1. The smallest absolute Gasteiger partial charge is 0.319 e. The Morgan fingerprint density at radius 3 is 2.81 bits per heavy atom. The molecule has 3 N–H and O–H groups in total. The van der Waals surface area contributed by atoms with E-state index in [9.17, 15) is 9.59 Å². The Hall–Kier alpha value is -2.08. The molecule has 2 amide bonds. The largest absolute Gasteiger partial charge is 0.481 e. The molecule has 2 rings (SSSR count). The van der Waals surface area contributed by atoms with E-state index in [1.54, 1.807) is 11.3 Å². The maximum atomic E-state index is 11.7. The normalized spacial score (nSPS) is 10.5. The van der Waals surface area contributed by atoms with Gasteiger partial charge in [-0.25, -0.2) is 4.79 Å². The SMILES string of the molecule is O=C(O)CCCCCNC(=O)Nc1ccc2sccc2c1. The zero-order valence-corrected chi connectivity index (χ0v) is 12.4. The van der Waals surface area contributed by atoms with Crippen molar-refractivity contribution >= 4 is 39.1 Å². The summed E-state index contributed by atoms with van der Waals surface area (Å²) in [4.78, 5) is 22.1. The minimum atomic E-state index is -0.774. The minimum absolute atomic E-state index is 0.187.